The van der Waals surface area contributed by atoms with Crippen LogP contribution in [0.1, 0.15) is 55.4 Å². The SMILES string of the molecule is O=C(Cl)C1CCc2sc3ncnc(OC4CCC(N5CCC(F)(F)CC5)CC4)c3c2C1. The van der Waals surface area contributed by atoms with E-state index < -0.39 is 5.92 Å². The highest BCUT2D eigenvalue weighted by molar-refractivity contribution is 7.18. The predicted molar refractivity (Wildman–Crippen MR) is 116 cm³/mol. The minimum Gasteiger partial charge on any atom is -0.474 e. The number of hydrogen-bond acceptors (Lipinski definition) is 6. The maximum atomic E-state index is 13.5. The summed E-state index contributed by atoms with van der Waals surface area (Å²) in [5.41, 5.74) is 1.11. The lowest BCUT2D eigenvalue weighted by molar-refractivity contribution is -0.115. The number of ether oxygens (including phenoxy) is 1. The summed E-state index contributed by atoms with van der Waals surface area (Å²) in [6.07, 6.45) is 7.45. The number of hydrogen-bond donors (Lipinski definition) is 0. The van der Waals surface area contributed by atoms with Crippen molar-refractivity contribution in [3.63, 3.8) is 0 Å². The van der Waals surface area contributed by atoms with E-state index in [1.165, 1.54) is 4.88 Å². The van der Waals surface area contributed by atoms with Crippen LogP contribution in [0.4, 0.5) is 8.78 Å². The fraction of sp³-hybridized carbons (Fsp3) is 0.682. The Balaban J connectivity index is 1.27. The van der Waals surface area contributed by atoms with E-state index >= 15 is 0 Å². The van der Waals surface area contributed by atoms with Crippen molar-refractivity contribution in [2.75, 3.05) is 13.1 Å². The smallest absolute Gasteiger partial charge is 0.250 e. The summed E-state index contributed by atoms with van der Waals surface area (Å²) < 4.78 is 33.3. The highest BCUT2D eigenvalue weighted by atomic mass is 35.5. The van der Waals surface area contributed by atoms with Gasteiger partial charge in [0.2, 0.25) is 11.1 Å². The second-order valence-corrected chi connectivity index (χ2v) is 10.5. The van der Waals surface area contributed by atoms with Crippen LogP contribution in [0, 0.1) is 5.92 Å². The summed E-state index contributed by atoms with van der Waals surface area (Å²) in [7, 11) is 0. The van der Waals surface area contributed by atoms with Crippen LogP contribution in [0.5, 0.6) is 5.88 Å². The Bertz CT molecular complexity index is 967. The minimum atomic E-state index is -2.50. The molecule has 5 rings (SSSR count). The van der Waals surface area contributed by atoms with Gasteiger partial charge in [-0.2, -0.15) is 0 Å². The highest BCUT2D eigenvalue weighted by Gasteiger charge is 2.37. The standard InChI is InChI=1S/C22H26ClF2N3O2S/c23-19(29)13-1-6-17-16(11-13)18-20(26-12-27-21(18)31-17)30-15-4-2-14(3-5-15)28-9-7-22(24,25)8-10-28/h12-15H,1-11H2. The van der Waals surface area contributed by atoms with E-state index in [2.05, 4.69) is 14.9 Å². The number of piperidine rings is 1. The number of aryl methyl sites for hydroxylation is 1. The Labute approximate surface area is 189 Å². The van der Waals surface area contributed by atoms with Gasteiger partial charge in [-0.15, -0.1) is 11.3 Å². The molecule has 1 unspecified atom stereocenters. The van der Waals surface area contributed by atoms with Crippen LogP contribution in [0.3, 0.4) is 0 Å². The Morgan fingerprint density at radius 2 is 1.90 bits per heavy atom. The number of aromatic nitrogens is 2. The van der Waals surface area contributed by atoms with Gasteiger partial charge < -0.3 is 4.74 Å². The molecule has 2 aromatic heterocycles. The van der Waals surface area contributed by atoms with Gasteiger partial charge >= 0.3 is 0 Å². The third kappa shape index (κ3) is 4.44. The minimum absolute atomic E-state index is 0.0303. The molecule has 1 saturated heterocycles. The van der Waals surface area contributed by atoms with Crippen LogP contribution in [0.15, 0.2) is 6.33 Å². The molecule has 31 heavy (non-hydrogen) atoms. The summed E-state index contributed by atoms with van der Waals surface area (Å²) in [6.45, 7) is 0.967. The molecule has 3 aliphatic rings. The van der Waals surface area contributed by atoms with Gasteiger partial charge in [0.1, 0.15) is 17.3 Å². The van der Waals surface area contributed by atoms with Crippen molar-refractivity contribution in [1.29, 1.82) is 0 Å². The average Bonchev–Trinajstić information content (AvgIpc) is 3.13. The Hall–Kier alpha value is -1.38. The first-order valence-corrected chi connectivity index (χ1v) is 12.3. The molecular weight excluding hydrogens is 444 g/mol. The van der Waals surface area contributed by atoms with E-state index in [1.807, 2.05) is 0 Å². The molecule has 0 amide bonds. The van der Waals surface area contributed by atoms with Gasteiger partial charge in [-0.1, -0.05) is 0 Å². The van der Waals surface area contributed by atoms with Gasteiger partial charge in [-0.05, 0) is 62.1 Å². The highest BCUT2D eigenvalue weighted by Crippen LogP contribution is 2.42. The second-order valence-electron chi connectivity index (χ2n) is 9.05. The van der Waals surface area contributed by atoms with Gasteiger partial charge in [-0.3, -0.25) is 9.69 Å². The van der Waals surface area contributed by atoms with E-state index in [-0.39, 0.29) is 30.1 Å². The molecule has 1 saturated carbocycles. The van der Waals surface area contributed by atoms with Crippen molar-refractivity contribution in [3.05, 3.63) is 16.8 Å². The molecule has 0 radical (unpaired) electrons. The molecule has 0 aromatic carbocycles. The lowest BCUT2D eigenvalue weighted by Crippen LogP contribution is -2.47. The van der Waals surface area contributed by atoms with Crippen LogP contribution in [0.25, 0.3) is 10.2 Å². The van der Waals surface area contributed by atoms with Gasteiger partial charge in [0.05, 0.1) is 5.39 Å². The second kappa shape index (κ2) is 8.52. The molecule has 5 nitrogen and oxygen atoms in total. The third-order valence-corrected chi connectivity index (χ3v) is 8.60. The molecule has 168 valence electrons. The van der Waals surface area contributed by atoms with Crippen LogP contribution in [-0.2, 0) is 17.6 Å². The number of nitrogens with zero attached hydrogens (tertiary/aromatic N) is 3. The molecule has 1 atom stereocenters. The predicted octanol–water partition coefficient (Wildman–Crippen LogP) is 4.98. The summed E-state index contributed by atoms with van der Waals surface area (Å²) in [4.78, 5) is 25.0. The van der Waals surface area contributed by atoms with Crippen LogP contribution in [-0.4, -0.2) is 51.3 Å². The lowest BCUT2D eigenvalue weighted by Gasteiger charge is -2.40. The van der Waals surface area contributed by atoms with Crippen LogP contribution < -0.4 is 4.74 Å². The zero-order valence-corrected chi connectivity index (χ0v) is 18.9. The zero-order valence-electron chi connectivity index (χ0n) is 17.3. The van der Waals surface area contributed by atoms with Crippen molar-refractivity contribution < 1.29 is 18.3 Å². The maximum Gasteiger partial charge on any atom is 0.250 e. The largest absolute Gasteiger partial charge is 0.474 e. The molecular formula is C22H26ClF2N3O2S. The number of thiophene rings is 1. The molecule has 0 N–H and O–H groups in total. The topological polar surface area (TPSA) is 55.3 Å². The number of likely N-dealkylation sites (tertiary alicyclic amines) is 1. The number of alkyl halides is 2. The Kier molecular flexibility index (Phi) is 5.90. The number of carbonyl (C=O) groups excluding carboxylic acids is 1. The van der Waals surface area contributed by atoms with Gasteiger partial charge in [0.25, 0.3) is 5.92 Å². The first kappa shape index (κ1) is 21.5. The van der Waals surface area contributed by atoms with Crippen molar-refractivity contribution in [2.24, 2.45) is 5.92 Å². The van der Waals surface area contributed by atoms with Crippen LogP contribution >= 0.6 is 22.9 Å². The molecule has 0 spiro atoms. The third-order valence-electron chi connectivity index (χ3n) is 7.10. The quantitative estimate of drug-likeness (QED) is 0.591. The van der Waals surface area contributed by atoms with E-state index in [0.717, 1.165) is 54.3 Å². The summed E-state index contributed by atoms with van der Waals surface area (Å²) >= 11 is 7.44. The Morgan fingerprint density at radius 1 is 1.16 bits per heavy atom. The molecule has 1 aliphatic heterocycles. The average molecular weight is 470 g/mol. The summed E-state index contributed by atoms with van der Waals surface area (Å²) in [5.74, 6) is -2.05. The molecule has 2 aromatic rings. The van der Waals surface area contributed by atoms with Crippen molar-refractivity contribution >= 4 is 38.4 Å². The molecule has 9 heteroatoms. The molecule has 2 fully saturated rings. The number of fused-ring (bicyclic) bond motifs is 3. The van der Waals surface area contributed by atoms with Gasteiger partial charge in [-0.25, -0.2) is 18.7 Å². The normalized spacial score (nSPS) is 28.9. The van der Waals surface area contributed by atoms with Gasteiger partial charge in [0.15, 0.2) is 0 Å². The van der Waals surface area contributed by atoms with E-state index in [4.69, 9.17) is 16.3 Å². The van der Waals surface area contributed by atoms with Crippen molar-refractivity contribution in [1.82, 2.24) is 14.9 Å². The number of rotatable bonds is 4. The first-order chi connectivity index (χ1) is 14.9. The molecule has 0 bridgehead atoms. The maximum absolute atomic E-state index is 13.5. The van der Waals surface area contributed by atoms with Crippen molar-refractivity contribution in [2.45, 2.75) is 75.9 Å². The fourth-order valence-electron chi connectivity index (χ4n) is 5.26. The molecule has 3 heterocycles. The zero-order chi connectivity index (χ0) is 21.6. The van der Waals surface area contributed by atoms with E-state index in [9.17, 15) is 13.6 Å². The first-order valence-electron chi connectivity index (χ1n) is 11.1. The summed E-state index contributed by atoms with van der Waals surface area (Å²) in [5, 5.41) is 0.656. The lowest BCUT2D eigenvalue weighted by atomic mass is 9.88. The molecule has 2 aliphatic carbocycles. The summed E-state index contributed by atoms with van der Waals surface area (Å²) in [6, 6.07) is 0.366. The van der Waals surface area contributed by atoms with Gasteiger partial charge in [0, 0.05) is 42.8 Å². The monoisotopic (exact) mass is 469 g/mol. The fourth-order valence-corrected chi connectivity index (χ4v) is 6.63. The van der Waals surface area contributed by atoms with E-state index in [1.54, 1.807) is 17.7 Å². The Morgan fingerprint density at radius 3 is 2.61 bits per heavy atom. The number of halogens is 3. The van der Waals surface area contributed by atoms with Crippen LogP contribution in [0.2, 0.25) is 0 Å². The van der Waals surface area contributed by atoms with Crippen molar-refractivity contribution in [3.8, 4) is 5.88 Å². The number of carbonyl (C=O) groups is 1. The van der Waals surface area contributed by atoms with E-state index in [0.29, 0.717) is 31.4 Å².